The molecule has 0 aliphatic heterocycles. The van der Waals surface area contributed by atoms with Gasteiger partial charge in [-0.3, -0.25) is 10.1 Å². The lowest BCUT2D eigenvalue weighted by Crippen LogP contribution is -1.98. The summed E-state index contributed by atoms with van der Waals surface area (Å²) in [6, 6.07) is 4.73. The molecule has 1 heterocycles. The zero-order valence-electron chi connectivity index (χ0n) is 10.0. The Morgan fingerprint density at radius 3 is 2.63 bits per heavy atom. The maximum absolute atomic E-state index is 10.9. The summed E-state index contributed by atoms with van der Waals surface area (Å²) in [5, 5.41) is 10.9. The van der Waals surface area contributed by atoms with Gasteiger partial charge in [-0.1, -0.05) is 12.1 Å². The summed E-state index contributed by atoms with van der Waals surface area (Å²) in [5.41, 5.74) is 1.26. The predicted molar refractivity (Wildman–Crippen MR) is 69.5 cm³/mol. The third-order valence-corrected chi connectivity index (χ3v) is 2.73. The molecule has 0 fully saturated rings. The number of aryl methyl sites for hydroxylation is 1. The zero-order chi connectivity index (χ0) is 13.8. The van der Waals surface area contributed by atoms with Gasteiger partial charge in [-0.05, 0) is 12.5 Å². The van der Waals surface area contributed by atoms with E-state index < -0.39 is 4.92 Å². The number of hydrogen-bond acceptors (Lipinski definition) is 5. The van der Waals surface area contributed by atoms with Crippen LogP contribution in [-0.4, -0.2) is 14.9 Å². The van der Waals surface area contributed by atoms with Crippen molar-refractivity contribution in [3.63, 3.8) is 0 Å². The highest BCUT2D eigenvalue weighted by Crippen LogP contribution is 2.32. The van der Waals surface area contributed by atoms with Gasteiger partial charge < -0.3 is 4.74 Å². The Balaban J connectivity index is 2.34. The first-order chi connectivity index (χ1) is 9.11. The molecular weight excluding hydrogens is 270 g/mol. The summed E-state index contributed by atoms with van der Waals surface area (Å²) in [5.74, 6) is 0.441. The smallest absolute Gasteiger partial charge is 0.322 e. The number of nitrogens with zero attached hydrogens (tertiary/aromatic N) is 3. The van der Waals surface area contributed by atoms with Gasteiger partial charge >= 0.3 is 11.7 Å². The van der Waals surface area contributed by atoms with Crippen LogP contribution in [0.3, 0.4) is 0 Å². The number of alkyl halides is 1. The Morgan fingerprint density at radius 1 is 1.37 bits per heavy atom. The van der Waals surface area contributed by atoms with Gasteiger partial charge in [0.05, 0.1) is 10.8 Å². The number of para-hydroxylation sites is 1. The van der Waals surface area contributed by atoms with E-state index in [0.29, 0.717) is 11.4 Å². The molecule has 0 aliphatic rings. The quantitative estimate of drug-likeness (QED) is 0.488. The van der Waals surface area contributed by atoms with Gasteiger partial charge in [0.2, 0.25) is 5.75 Å². The van der Waals surface area contributed by atoms with E-state index in [-0.39, 0.29) is 17.4 Å². The van der Waals surface area contributed by atoms with Gasteiger partial charge in [-0.2, -0.15) is 0 Å². The predicted octanol–water partition coefficient (Wildman–Crippen LogP) is 3.22. The van der Waals surface area contributed by atoms with Crippen molar-refractivity contribution in [3.05, 3.63) is 51.8 Å². The minimum atomic E-state index is -0.504. The number of nitro groups is 1. The Hall–Kier alpha value is -2.21. The molecule has 1 aromatic carbocycles. The lowest BCUT2D eigenvalue weighted by Gasteiger charge is -2.07. The lowest BCUT2D eigenvalue weighted by atomic mass is 10.2. The summed E-state index contributed by atoms with van der Waals surface area (Å²) < 4.78 is 5.39. The van der Waals surface area contributed by atoms with Crippen molar-refractivity contribution >= 4 is 17.3 Å². The second kappa shape index (κ2) is 5.62. The fourth-order valence-electron chi connectivity index (χ4n) is 1.47. The summed E-state index contributed by atoms with van der Waals surface area (Å²) in [6.07, 6.45) is 3.03. The lowest BCUT2D eigenvalue weighted by molar-refractivity contribution is -0.385. The summed E-state index contributed by atoms with van der Waals surface area (Å²) >= 11 is 5.62. The number of benzene rings is 1. The Morgan fingerprint density at radius 2 is 2.05 bits per heavy atom. The van der Waals surface area contributed by atoms with E-state index >= 15 is 0 Å². The monoisotopic (exact) mass is 279 g/mol. The topological polar surface area (TPSA) is 78.2 Å². The van der Waals surface area contributed by atoms with Crippen LogP contribution in [0.2, 0.25) is 0 Å². The molecule has 0 saturated heterocycles. The van der Waals surface area contributed by atoms with Crippen LogP contribution in [0.1, 0.15) is 11.1 Å². The maximum atomic E-state index is 10.9. The van der Waals surface area contributed by atoms with Crippen LogP contribution in [0.15, 0.2) is 30.6 Å². The van der Waals surface area contributed by atoms with Crippen molar-refractivity contribution in [2.45, 2.75) is 12.8 Å². The highest BCUT2D eigenvalue weighted by molar-refractivity contribution is 6.17. The van der Waals surface area contributed by atoms with Crippen LogP contribution < -0.4 is 4.74 Å². The van der Waals surface area contributed by atoms with Crippen molar-refractivity contribution in [2.75, 3.05) is 0 Å². The summed E-state index contributed by atoms with van der Waals surface area (Å²) in [6.45, 7) is 1.72. The second-order valence-corrected chi connectivity index (χ2v) is 4.06. The van der Waals surface area contributed by atoms with Gasteiger partial charge in [0.15, 0.2) is 0 Å². The van der Waals surface area contributed by atoms with E-state index in [9.17, 15) is 10.1 Å². The number of ether oxygens (including phenoxy) is 1. The van der Waals surface area contributed by atoms with Crippen LogP contribution in [0, 0.1) is 17.0 Å². The van der Waals surface area contributed by atoms with E-state index in [1.54, 1.807) is 19.1 Å². The van der Waals surface area contributed by atoms with Crippen molar-refractivity contribution in [3.8, 4) is 11.8 Å². The molecule has 1 aromatic heterocycles. The van der Waals surface area contributed by atoms with Gasteiger partial charge in [-0.25, -0.2) is 9.97 Å². The number of aromatic nitrogens is 2. The van der Waals surface area contributed by atoms with Crippen molar-refractivity contribution < 1.29 is 9.66 Å². The fourth-order valence-corrected chi connectivity index (χ4v) is 1.61. The standard InChI is InChI=1S/C12H10ClN3O3/c1-8-3-2-4-10(16(17)18)11(8)19-12-14-6-9(5-13)7-15-12/h2-4,6-7H,5H2,1H3. The van der Waals surface area contributed by atoms with Crippen LogP contribution in [0.5, 0.6) is 11.8 Å². The summed E-state index contributed by atoms with van der Waals surface area (Å²) in [7, 11) is 0. The van der Waals surface area contributed by atoms with Gasteiger partial charge in [0.25, 0.3) is 0 Å². The van der Waals surface area contributed by atoms with Crippen LogP contribution in [0.25, 0.3) is 0 Å². The van der Waals surface area contributed by atoms with Gasteiger partial charge in [-0.15, -0.1) is 11.6 Å². The van der Waals surface area contributed by atoms with Crippen molar-refractivity contribution in [1.82, 2.24) is 9.97 Å². The van der Waals surface area contributed by atoms with Gasteiger partial charge in [0, 0.05) is 24.0 Å². The summed E-state index contributed by atoms with van der Waals surface area (Å²) in [4.78, 5) is 18.3. The molecule has 0 unspecified atom stereocenters. The molecule has 98 valence electrons. The fraction of sp³-hybridized carbons (Fsp3) is 0.167. The first-order valence-electron chi connectivity index (χ1n) is 5.40. The molecule has 2 rings (SSSR count). The van der Waals surface area contributed by atoms with Crippen LogP contribution in [0.4, 0.5) is 5.69 Å². The van der Waals surface area contributed by atoms with E-state index in [0.717, 1.165) is 5.56 Å². The molecule has 6 nitrogen and oxygen atoms in total. The molecule has 0 radical (unpaired) electrons. The van der Waals surface area contributed by atoms with Crippen LogP contribution >= 0.6 is 11.6 Å². The number of halogens is 1. The largest absolute Gasteiger partial charge is 0.417 e. The minimum Gasteiger partial charge on any atom is -0.417 e. The second-order valence-electron chi connectivity index (χ2n) is 3.79. The molecule has 0 amide bonds. The third-order valence-electron chi connectivity index (χ3n) is 2.42. The maximum Gasteiger partial charge on any atom is 0.322 e. The molecule has 0 bridgehead atoms. The van der Waals surface area contributed by atoms with Crippen LogP contribution in [-0.2, 0) is 5.88 Å². The molecule has 0 aliphatic carbocycles. The first kappa shape index (κ1) is 13.2. The highest BCUT2D eigenvalue weighted by atomic mass is 35.5. The van der Waals surface area contributed by atoms with E-state index in [2.05, 4.69) is 9.97 Å². The Bertz CT molecular complexity index is 602. The van der Waals surface area contributed by atoms with Gasteiger partial charge in [0.1, 0.15) is 0 Å². The Kier molecular flexibility index (Phi) is 3.91. The molecular formula is C12H10ClN3O3. The number of rotatable bonds is 4. The average Bonchev–Trinajstić information content (AvgIpc) is 2.41. The van der Waals surface area contributed by atoms with E-state index in [1.165, 1.54) is 18.5 Å². The number of hydrogen-bond donors (Lipinski definition) is 0. The van der Waals surface area contributed by atoms with E-state index in [4.69, 9.17) is 16.3 Å². The van der Waals surface area contributed by atoms with E-state index in [1.807, 2.05) is 0 Å². The average molecular weight is 280 g/mol. The SMILES string of the molecule is Cc1cccc([N+](=O)[O-])c1Oc1ncc(CCl)cn1. The normalized spacial score (nSPS) is 10.2. The molecule has 0 atom stereocenters. The molecule has 0 N–H and O–H groups in total. The zero-order valence-corrected chi connectivity index (χ0v) is 10.8. The highest BCUT2D eigenvalue weighted by Gasteiger charge is 2.18. The minimum absolute atomic E-state index is 0.0475. The first-order valence-corrected chi connectivity index (χ1v) is 5.94. The number of nitro benzene ring substituents is 1. The molecule has 7 heteroatoms. The molecule has 0 spiro atoms. The Labute approximate surface area is 114 Å². The third kappa shape index (κ3) is 2.97. The molecule has 2 aromatic rings. The molecule has 19 heavy (non-hydrogen) atoms. The van der Waals surface area contributed by atoms with Crippen molar-refractivity contribution in [2.24, 2.45) is 0 Å². The van der Waals surface area contributed by atoms with Crippen molar-refractivity contribution in [1.29, 1.82) is 0 Å². The molecule has 0 saturated carbocycles.